The van der Waals surface area contributed by atoms with Crippen LogP contribution in [-0.2, 0) is 6.18 Å². The van der Waals surface area contributed by atoms with E-state index in [0.717, 1.165) is 12.1 Å². The van der Waals surface area contributed by atoms with E-state index in [9.17, 15) is 13.2 Å². The molecule has 114 valence electrons. The second-order valence-electron chi connectivity index (χ2n) is 5.27. The van der Waals surface area contributed by atoms with Gasteiger partial charge in [0.2, 0.25) is 11.7 Å². The molecule has 0 fully saturated rings. The van der Waals surface area contributed by atoms with E-state index in [4.69, 9.17) is 10.3 Å². The van der Waals surface area contributed by atoms with Gasteiger partial charge in [0.25, 0.3) is 0 Å². The lowest BCUT2D eigenvalue weighted by Gasteiger charge is -2.08. The second kappa shape index (κ2) is 5.85. The van der Waals surface area contributed by atoms with Gasteiger partial charge in [0.05, 0.1) is 11.6 Å². The molecule has 2 aromatic rings. The maximum atomic E-state index is 12.5. The Morgan fingerprint density at radius 2 is 1.81 bits per heavy atom. The van der Waals surface area contributed by atoms with Crippen molar-refractivity contribution in [1.29, 1.82) is 0 Å². The highest BCUT2D eigenvalue weighted by Gasteiger charge is 2.30. The zero-order chi connectivity index (χ0) is 15.6. The third kappa shape index (κ3) is 3.81. The van der Waals surface area contributed by atoms with Crippen molar-refractivity contribution in [3.05, 3.63) is 35.7 Å². The second-order valence-corrected chi connectivity index (χ2v) is 5.27. The number of nitrogens with zero attached hydrogens (tertiary/aromatic N) is 2. The van der Waals surface area contributed by atoms with Crippen molar-refractivity contribution in [3.63, 3.8) is 0 Å². The molecule has 7 heteroatoms. The minimum atomic E-state index is -4.36. The van der Waals surface area contributed by atoms with E-state index < -0.39 is 11.7 Å². The summed E-state index contributed by atoms with van der Waals surface area (Å²) >= 11 is 0. The molecule has 1 heterocycles. The van der Waals surface area contributed by atoms with E-state index in [-0.39, 0.29) is 11.9 Å². The minimum absolute atomic E-state index is 0.234. The molecule has 2 rings (SSSR count). The number of hydrogen-bond acceptors (Lipinski definition) is 4. The molecule has 0 amide bonds. The third-order valence-corrected chi connectivity index (χ3v) is 2.95. The minimum Gasteiger partial charge on any atom is -0.337 e. The Bertz CT molecular complexity index is 590. The lowest BCUT2D eigenvalue weighted by Crippen LogP contribution is -2.13. The highest BCUT2D eigenvalue weighted by Crippen LogP contribution is 2.30. The molecule has 21 heavy (non-hydrogen) atoms. The summed E-state index contributed by atoms with van der Waals surface area (Å²) in [5, 5.41) is 3.76. The summed E-state index contributed by atoms with van der Waals surface area (Å²) < 4.78 is 42.5. The number of alkyl halides is 3. The molecule has 0 saturated carbocycles. The van der Waals surface area contributed by atoms with Crippen LogP contribution in [0.4, 0.5) is 13.2 Å². The van der Waals surface area contributed by atoms with Gasteiger partial charge in [-0.2, -0.15) is 18.2 Å². The van der Waals surface area contributed by atoms with Crippen molar-refractivity contribution in [1.82, 2.24) is 10.1 Å². The van der Waals surface area contributed by atoms with Crippen LogP contribution in [0.15, 0.2) is 28.8 Å². The van der Waals surface area contributed by atoms with Crippen LogP contribution in [0.1, 0.15) is 37.8 Å². The Labute approximate surface area is 120 Å². The van der Waals surface area contributed by atoms with Gasteiger partial charge < -0.3 is 10.3 Å². The van der Waals surface area contributed by atoms with Gasteiger partial charge in [0, 0.05) is 5.56 Å². The van der Waals surface area contributed by atoms with Crippen LogP contribution >= 0.6 is 0 Å². The first-order valence-electron chi connectivity index (χ1n) is 6.54. The first kappa shape index (κ1) is 15.5. The van der Waals surface area contributed by atoms with E-state index >= 15 is 0 Å². The normalized spacial score (nSPS) is 13.7. The lowest BCUT2D eigenvalue weighted by molar-refractivity contribution is -0.137. The predicted molar refractivity (Wildman–Crippen MR) is 71.1 cm³/mol. The van der Waals surface area contributed by atoms with E-state index in [1.807, 2.05) is 13.8 Å². The molecular weight excluding hydrogens is 283 g/mol. The number of halogens is 3. The molecule has 0 saturated heterocycles. The monoisotopic (exact) mass is 299 g/mol. The van der Waals surface area contributed by atoms with Gasteiger partial charge in [0.15, 0.2) is 0 Å². The van der Waals surface area contributed by atoms with Gasteiger partial charge in [-0.15, -0.1) is 0 Å². The van der Waals surface area contributed by atoms with E-state index in [0.29, 0.717) is 23.8 Å². The van der Waals surface area contributed by atoms with Crippen LogP contribution in [0.3, 0.4) is 0 Å². The van der Waals surface area contributed by atoms with Gasteiger partial charge in [-0.05, 0) is 24.5 Å². The summed E-state index contributed by atoms with van der Waals surface area (Å²) in [6, 6.07) is 4.22. The number of nitrogens with two attached hydrogens (primary N) is 1. The fourth-order valence-corrected chi connectivity index (χ4v) is 1.92. The predicted octanol–water partition coefficient (Wildman–Crippen LogP) is 3.80. The summed E-state index contributed by atoms with van der Waals surface area (Å²) in [5.41, 5.74) is 5.66. The van der Waals surface area contributed by atoms with Gasteiger partial charge in [-0.25, -0.2) is 0 Å². The molecule has 0 aliphatic carbocycles. The fourth-order valence-electron chi connectivity index (χ4n) is 1.92. The maximum absolute atomic E-state index is 12.5. The molecule has 2 N–H and O–H groups in total. The number of aromatic nitrogens is 2. The summed E-state index contributed by atoms with van der Waals surface area (Å²) in [6.07, 6.45) is -3.67. The van der Waals surface area contributed by atoms with E-state index in [1.165, 1.54) is 12.1 Å². The standard InChI is InChI=1S/C14H16F3N3O/c1-8(2)7-11(18)13-19-12(20-21-13)9-3-5-10(6-4-9)14(15,16)17/h3-6,8,11H,7,18H2,1-2H3/t11-/m0/s1. The molecular formula is C14H16F3N3O. The summed E-state index contributed by atoms with van der Waals surface area (Å²) in [4.78, 5) is 4.14. The molecule has 1 atom stereocenters. The quantitative estimate of drug-likeness (QED) is 0.932. The van der Waals surface area contributed by atoms with Crippen molar-refractivity contribution in [2.24, 2.45) is 11.7 Å². The van der Waals surface area contributed by atoms with Gasteiger partial charge in [-0.3, -0.25) is 0 Å². The molecule has 0 unspecified atom stereocenters. The van der Waals surface area contributed by atoms with Crippen LogP contribution in [-0.4, -0.2) is 10.1 Å². The van der Waals surface area contributed by atoms with Gasteiger partial charge in [0.1, 0.15) is 0 Å². The van der Waals surface area contributed by atoms with Crippen LogP contribution in [0.2, 0.25) is 0 Å². The largest absolute Gasteiger partial charge is 0.416 e. The molecule has 0 aliphatic heterocycles. The average Bonchev–Trinajstić information content (AvgIpc) is 2.86. The Morgan fingerprint density at radius 1 is 1.19 bits per heavy atom. The highest BCUT2D eigenvalue weighted by molar-refractivity contribution is 5.54. The van der Waals surface area contributed by atoms with Crippen LogP contribution in [0, 0.1) is 5.92 Å². The zero-order valence-corrected chi connectivity index (χ0v) is 11.7. The SMILES string of the molecule is CC(C)C[C@H](N)c1nc(-c2ccc(C(F)(F)F)cc2)no1. The first-order chi connectivity index (χ1) is 9.77. The maximum Gasteiger partial charge on any atom is 0.416 e. The van der Waals surface area contributed by atoms with Crippen molar-refractivity contribution in [2.45, 2.75) is 32.5 Å². The van der Waals surface area contributed by atoms with Gasteiger partial charge in [-0.1, -0.05) is 31.1 Å². The van der Waals surface area contributed by atoms with Crippen LogP contribution in [0.25, 0.3) is 11.4 Å². The molecule has 1 aromatic heterocycles. The van der Waals surface area contributed by atoms with Crippen LogP contribution < -0.4 is 5.73 Å². The zero-order valence-electron chi connectivity index (χ0n) is 11.7. The molecule has 0 bridgehead atoms. The number of hydrogen-bond donors (Lipinski definition) is 1. The Hall–Kier alpha value is -1.89. The van der Waals surface area contributed by atoms with E-state index in [2.05, 4.69) is 10.1 Å². The molecule has 1 aromatic carbocycles. The smallest absolute Gasteiger partial charge is 0.337 e. The van der Waals surface area contributed by atoms with E-state index in [1.54, 1.807) is 0 Å². The highest BCUT2D eigenvalue weighted by atomic mass is 19.4. The third-order valence-electron chi connectivity index (χ3n) is 2.95. The van der Waals surface area contributed by atoms with Gasteiger partial charge >= 0.3 is 6.18 Å². The first-order valence-corrected chi connectivity index (χ1v) is 6.54. The Kier molecular flexibility index (Phi) is 4.32. The fraction of sp³-hybridized carbons (Fsp3) is 0.429. The molecule has 0 spiro atoms. The number of rotatable bonds is 4. The topological polar surface area (TPSA) is 64.9 Å². The van der Waals surface area contributed by atoms with Crippen molar-refractivity contribution in [3.8, 4) is 11.4 Å². The van der Waals surface area contributed by atoms with Crippen molar-refractivity contribution < 1.29 is 17.7 Å². The van der Waals surface area contributed by atoms with Crippen LogP contribution in [0.5, 0.6) is 0 Å². The molecule has 0 radical (unpaired) electrons. The Balaban J connectivity index is 2.18. The summed E-state index contributed by atoms with van der Waals surface area (Å²) in [7, 11) is 0. The molecule has 0 aliphatic rings. The van der Waals surface area contributed by atoms with Crippen molar-refractivity contribution >= 4 is 0 Å². The summed E-state index contributed by atoms with van der Waals surface area (Å²) in [6.45, 7) is 4.04. The average molecular weight is 299 g/mol. The Morgan fingerprint density at radius 3 is 2.33 bits per heavy atom. The summed E-state index contributed by atoms with van der Waals surface area (Å²) in [5.74, 6) is 0.901. The number of benzene rings is 1. The molecule has 4 nitrogen and oxygen atoms in total. The lowest BCUT2D eigenvalue weighted by atomic mass is 10.0. The van der Waals surface area contributed by atoms with Crippen molar-refractivity contribution in [2.75, 3.05) is 0 Å².